The number of likely N-dealkylation sites (tertiary alicyclic amines) is 1. The smallest absolute Gasteiger partial charge is 0.418 e. The Kier molecular flexibility index (Phi) is 5.30. The van der Waals surface area contributed by atoms with Crippen molar-refractivity contribution in [1.82, 2.24) is 14.7 Å². The Hall–Kier alpha value is -1.74. The lowest BCUT2D eigenvalue weighted by molar-refractivity contribution is 0.0348. The summed E-state index contributed by atoms with van der Waals surface area (Å²) >= 11 is 0. The van der Waals surface area contributed by atoms with Crippen LogP contribution in [0.5, 0.6) is 0 Å². The molecule has 22 heavy (non-hydrogen) atoms. The van der Waals surface area contributed by atoms with Crippen LogP contribution in [-0.2, 0) is 4.74 Å². The summed E-state index contributed by atoms with van der Waals surface area (Å²) in [5.74, 6) is 6.13. The normalized spacial score (nSPS) is 19.3. The zero-order chi connectivity index (χ0) is 16.2. The number of hydrogen-bond donors (Lipinski definition) is 0. The molecule has 2 rings (SSSR count). The average Bonchev–Trinajstić information content (AvgIpc) is 3.03. The molecule has 2 heterocycles. The highest BCUT2D eigenvalue weighted by Gasteiger charge is 2.35. The van der Waals surface area contributed by atoms with Gasteiger partial charge in [-0.2, -0.15) is 0 Å². The van der Waals surface area contributed by atoms with Gasteiger partial charge in [0.05, 0.1) is 19.6 Å². The van der Waals surface area contributed by atoms with Gasteiger partial charge in [0, 0.05) is 6.54 Å². The van der Waals surface area contributed by atoms with E-state index in [0.29, 0.717) is 19.6 Å². The monoisotopic (exact) mass is 307 g/mol. The fraction of sp³-hybridized carbons (Fsp3) is 0.750. The van der Waals surface area contributed by atoms with Crippen LogP contribution in [-0.4, -0.2) is 71.7 Å². The van der Waals surface area contributed by atoms with Crippen molar-refractivity contribution < 1.29 is 14.3 Å². The van der Waals surface area contributed by atoms with E-state index in [1.165, 1.54) is 12.8 Å². The molecule has 2 aliphatic heterocycles. The van der Waals surface area contributed by atoms with Crippen molar-refractivity contribution in [3.63, 3.8) is 0 Å². The first-order chi connectivity index (χ1) is 10.4. The minimum atomic E-state index is -0.597. The Morgan fingerprint density at radius 3 is 2.36 bits per heavy atom. The topological polar surface area (TPSA) is 53.1 Å². The number of ether oxygens (including phenoxy) is 1. The van der Waals surface area contributed by atoms with Gasteiger partial charge in [-0.05, 0) is 46.7 Å². The highest BCUT2D eigenvalue weighted by atomic mass is 16.6. The van der Waals surface area contributed by atoms with E-state index in [2.05, 4.69) is 16.7 Å². The molecule has 6 heteroatoms. The van der Waals surface area contributed by atoms with Gasteiger partial charge in [-0.1, -0.05) is 11.8 Å². The Morgan fingerprint density at radius 2 is 1.73 bits per heavy atom. The summed E-state index contributed by atoms with van der Waals surface area (Å²) in [6, 6.07) is -0.315. The van der Waals surface area contributed by atoms with Crippen LogP contribution in [0.25, 0.3) is 0 Å². The maximum Gasteiger partial charge on any atom is 0.418 e. The van der Waals surface area contributed by atoms with E-state index < -0.39 is 11.7 Å². The average molecular weight is 307 g/mol. The molecule has 0 spiro atoms. The predicted octanol–water partition coefficient (Wildman–Crippen LogP) is 1.76. The van der Waals surface area contributed by atoms with Crippen LogP contribution in [0.4, 0.5) is 9.59 Å². The molecule has 0 aromatic carbocycles. The number of amides is 3. The van der Waals surface area contributed by atoms with E-state index in [0.717, 1.165) is 24.5 Å². The first-order valence-electron chi connectivity index (χ1n) is 7.84. The van der Waals surface area contributed by atoms with Crippen molar-refractivity contribution >= 4 is 12.1 Å². The molecule has 0 aromatic heterocycles. The van der Waals surface area contributed by atoms with Crippen molar-refractivity contribution in [2.75, 3.05) is 39.3 Å². The lowest BCUT2D eigenvalue weighted by Gasteiger charge is -2.23. The zero-order valence-electron chi connectivity index (χ0n) is 13.7. The van der Waals surface area contributed by atoms with Crippen molar-refractivity contribution in [3.8, 4) is 11.8 Å². The second-order valence-corrected chi connectivity index (χ2v) is 6.67. The summed E-state index contributed by atoms with van der Waals surface area (Å²) in [5.41, 5.74) is -0.597. The largest absolute Gasteiger partial charge is 0.443 e. The van der Waals surface area contributed by atoms with Crippen LogP contribution in [0.15, 0.2) is 0 Å². The van der Waals surface area contributed by atoms with Gasteiger partial charge in [0.1, 0.15) is 5.60 Å². The van der Waals surface area contributed by atoms with Gasteiger partial charge in [-0.25, -0.2) is 14.5 Å². The van der Waals surface area contributed by atoms with Gasteiger partial charge in [-0.3, -0.25) is 4.90 Å². The molecule has 0 unspecified atom stereocenters. The predicted molar refractivity (Wildman–Crippen MR) is 83.4 cm³/mol. The molecule has 0 radical (unpaired) electrons. The molecule has 2 fully saturated rings. The maximum absolute atomic E-state index is 12.2. The number of carbonyl (C=O) groups excluding carboxylic acids is 2. The fourth-order valence-electron chi connectivity index (χ4n) is 2.48. The highest BCUT2D eigenvalue weighted by Crippen LogP contribution is 2.14. The minimum Gasteiger partial charge on any atom is -0.443 e. The summed E-state index contributed by atoms with van der Waals surface area (Å²) in [5, 5.41) is 0. The first-order valence-corrected chi connectivity index (χ1v) is 7.84. The molecule has 122 valence electrons. The molecule has 3 amide bonds. The van der Waals surface area contributed by atoms with Crippen molar-refractivity contribution in [2.24, 2.45) is 0 Å². The lowest BCUT2D eigenvalue weighted by atomic mass is 10.2. The van der Waals surface area contributed by atoms with Gasteiger partial charge < -0.3 is 9.64 Å². The van der Waals surface area contributed by atoms with Gasteiger partial charge in [0.25, 0.3) is 0 Å². The molecule has 0 saturated carbocycles. The molecule has 0 aliphatic carbocycles. The Bertz CT molecular complexity index is 481. The van der Waals surface area contributed by atoms with Crippen molar-refractivity contribution in [2.45, 2.75) is 39.2 Å². The van der Waals surface area contributed by atoms with Crippen LogP contribution in [0, 0.1) is 11.8 Å². The summed E-state index contributed by atoms with van der Waals surface area (Å²) in [6.07, 6.45) is 1.92. The second kappa shape index (κ2) is 7.01. The van der Waals surface area contributed by atoms with Crippen molar-refractivity contribution in [1.29, 1.82) is 0 Å². The summed E-state index contributed by atoms with van der Waals surface area (Å²) in [7, 11) is 0. The maximum atomic E-state index is 12.2. The molecule has 2 aliphatic rings. The molecule has 6 nitrogen and oxygen atoms in total. The molecule has 0 bridgehead atoms. The summed E-state index contributed by atoms with van der Waals surface area (Å²) < 4.78 is 5.23. The van der Waals surface area contributed by atoms with Gasteiger partial charge in [0.2, 0.25) is 0 Å². The fourth-order valence-corrected chi connectivity index (χ4v) is 2.48. The second-order valence-electron chi connectivity index (χ2n) is 6.67. The van der Waals surface area contributed by atoms with Gasteiger partial charge in [-0.15, -0.1) is 0 Å². The van der Waals surface area contributed by atoms with Crippen molar-refractivity contribution in [3.05, 3.63) is 0 Å². The molecule has 0 aromatic rings. The quantitative estimate of drug-likeness (QED) is 0.730. The van der Waals surface area contributed by atoms with Gasteiger partial charge >= 0.3 is 12.1 Å². The van der Waals surface area contributed by atoms with Gasteiger partial charge in [0.15, 0.2) is 0 Å². The third kappa shape index (κ3) is 4.63. The number of urea groups is 1. The summed E-state index contributed by atoms with van der Waals surface area (Å²) in [4.78, 5) is 29.1. The van der Waals surface area contributed by atoms with E-state index in [4.69, 9.17) is 4.74 Å². The number of hydrogen-bond acceptors (Lipinski definition) is 4. The third-order valence-corrected chi connectivity index (χ3v) is 3.61. The lowest BCUT2D eigenvalue weighted by Crippen LogP contribution is -2.40. The molecular weight excluding hydrogens is 282 g/mol. The van der Waals surface area contributed by atoms with E-state index in [1.54, 1.807) is 25.7 Å². The Balaban J connectivity index is 1.78. The summed E-state index contributed by atoms with van der Waals surface area (Å²) in [6.45, 7) is 9.59. The number of nitrogens with zero attached hydrogens (tertiary/aromatic N) is 3. The standard InChI is InChI=1S/C16H25N3O3/c1-16(2,3)22-15(21)19-13-12-18(14(19)20)11-7-6-10-17-8-4-5-9-17/h4-5,8-13H2,1-3H3. The SMILES string of the molecule is CC(C)(C)OC(=O)N1CCN(CC#CCN2CCCC2)C1=O. The number of imide groups is 1. The first kappa shape index (κ1) is 16.6. The molecule has 0 N–H and O–H groups in total. The zero-order valence-corrected chi connectivity index (χ0v) is 13.7. The minimum absolute atomic E-state index is 0.315. The third-order valence-electron chi connectivity index (χ3n) is 3.61. The van der Waals surface area contributed by atoms with E-state index >= 15 is 0 Å². The van der Waals surface area contributed by atoms with E-state index in [1.807, 2.05) is 0 Å². The van der Waals surface area contributed by atoms with E-state index in [-0.39, 0.29) is 6.03 Å². The van der Waals surface area contributed by atoms with Crippen LogP contribution in [0.1, 0.15) is 33.6 Å². The Morgan fingerprint density at radius 1 is 1.09 bits per heavy atom. The molecule has 2 saturated heterocycles. The Labute approximate surface area is 132 Å². The van der Waals surface area contributed by atoms with Crippen LogP contribution >= 0.6 is 0 Å². The van der Waals surface area contributed by atoms with Crippen LogP contribution in [0.3, 0.4) is 0 Å². The number of carbonyl (C=O) groups is 2. The van der Waals surface area contributed by atoms with Crippen LogP contribution < -0.4 is 0 Å². The van der Waals surface area contributed by atoms with E-state index in [9.17, 15) is 9.59 Å². The highest BCUT2D eigenvalue weighted by molar-refractivity contribution is 5.92. The number of rotatable bonds is 2. The van der Waals surface area contributed by atoms with Crippen LogP contribution in [0.2, 0.25) is 0 Å². The molecule has 0 atom stereocenters. The molecular formula is C16H25N3O3.